The van der Waals surface area contributed by atoms with Gasteiger partial charge in [-0.1, -0.05) is 29.8 Å². The van der Waals surface area contributed by atoms with Gasteiger partial charge in [0, 0.05) is 32.6 Å². The zero-order valence-electron chi connectivity index (χ0n) is 19.7. The minimum Gasteiger partial charge on any atom is -0.493 e. The molecule has 3 aromatic rings. The quantitative estimate of drug-likeness (QED) is 0.442. The number of rotatable bonds is 11. The minimum absolute atomic E-state index is 0.0910. The molecule has 1 N–H and O–H groups in total. The molecule has 3 rings (SSSR count). The van der Waals surface area contributed by atoms with Crippen LogP contribution in [-0.4, -0.2) is 60.3 Å². The van der Waals surface area contributed by atoms with Crippen molar-refractivity contribution in [2.75, 3.05) is 27.2 Å². The van der Waals surface area contributed by atoms with Crippen LogP contribution < -0.4 is 4.74 Å². The number of aliphatic carboxylic acids is 1. The third kappa shape index (κ3) is 6.43. The van der Waals surface area contributed by atoms with Gasteiger partial charge >= 0.3 is 5.97 Å². The fraction of sp³-hybridized carbons (Fsp3) is 0.333. The van der Waals surface area contributed by atoms with Crippen LogP contribution in [0.1, 0.15) is 22.6 Å². The SMILES string of the molecule is Cc1ccc(-c2nc(CCOc3cccc(CN(CC(=O)O)S(=O)(=O)N(C)C)c3)c(C)o2)cc1. The van der Waals surface area contributed by atoms with Crippen molar-refractivity contribution in [3.63, 3.8) is 0 Å². The summed E-state index contributed by atoms with van der Waals surface area (Å²) >= 11 is 0. The number of carbonyl (C=O) groups is 1. The number of carboxylic acids is 1. The first-order valence-corrected chi connectivity index (χ1v) is 12.1. The van der Waals surface area contributed by atoms with Gasteiger partial charge in [0.15, 0.2) is 0 Å². The van der Waals surface area contributed by atoms with Gasteiger partial charge in [-0.3, -0.25) is 4.79 Å². The molecule has 0 aliphatic carbocycles. The second kappa shape index (κ2) is 10.8. The van der Waals surface area contributed by atoms with Crippen molar-refractivity contribution in [1.29, 1.82) is 0 Å². The lowest BCUT2D eigenvalue weighted by Gasteiger charge is -2.24. The molecule has 0 fully saturated rings. The van der Waals surface area contributed by atoms with E-state index in [2.05, 4.69) is 4.98 Å². The van der Waals surface area contributed by atoms with Crippen molar-refractivity contribution in [1.82, 2.24) is 13.6 Å². The van der Waals surface area contributed by atoms with Crippen LogP contribution in [0, 0.1) is 13.8 Å². The number of hydrogen-bond acceptors (Lipinski definition) is 6. The number of benzene rings is 2. The van der Waals surface area contributed by atoms with E-state index in [1.165, 1.54) is 14.1 Å². The molecule has 1 aromatic heterocycles. The first-order chi connectivity index (χ1) is 16.1. The van der Waals surface area contributed by atoms with Crippen LogP contribution >= 0.6 is 0 Å². The Hall–Kier alpha value is -3.21. The van der Waals surface area contributed by atoms with E-state index in [4.69, 9.17) is 14.3 Å². The fourth-order valence-electron chi connectivity index (χ4n) is 3.28. The highest BCUT2D eigenvalue weighted by molar-refractivity contribution is 7.86. The molecule has 0 bridgehead atoms. The molecule has 1 heterocycles. The maximum absolute atomic E-state index is 12.5. The van der Waals surface area contributed by atoms with E-state index in [-0.39, 0.29) is 6.54 Å². The molecule has 0 amide bonds. The summed E-state index contributed by atoms with van der Waals surface area (Å²) in [6.07, 6.45) is 0.533. The molecule has 2 aromatic carbocycles. The van der Waals surface area contributed by atoms with E-state index in [0.29, 0.717) is 30.2 Å². The summed E-state index contributed by atoms with van der Waals surface area (Å²) in [6.45, 7) is 3.50. The van der Waals surface area contributed by atoms with Crippen LogP contribution in [0.2, 0.25) is 0 Å². The van der Waals surface area contributed by atoms with E-state index in [1.807, 2.05) is 38.1 Å². The van der Waals surface area contributed by atoms with Crippen LogP contribution in [0.5, 0.6) is 5.75 Å². The van der Waals surface area contributed by atoms with Gasteiger partial charge in [-0.15, -0.1) is 0 Å². The number of hydrogen-bond donors (Lipinski definition) is 1. The van der Waals surface area contributed by atoms with Crippen LogP contribution in [0.15, 0.2) is 52.9 Å². The molecule has 9 nitrogen and oxygen atoms in total. The highest BCUT2D eigenvalue weighted by Crippen LogP contribution is 2.23. The van der Waals surface area contributed by atoms with Gasteiger partial charge in [-0.2, -0.15) is 17.0 Å². The van der Waals surface area contributed by atoms with E-state index in [1.54, 1.807) is 24.3 Å². The van der Waals surface area contributed by atoms with Crippen molar-refractivity contribution in [2.45, 2.75) is 26.8 Å². The highest BCUT2D eigenvalue weighted by atomic mass is 32.2. The Labute approximate surface area is 199 Å². The first-order valence-electron chi connectivity index (χ1n) is 10.7. The van der Waals surface area contributed by atoms with E-state index >= 15 is 0 Å². The Morgan fingerprint density at radius 1 is 1.12 bits per heavy atom. The third-order valence-electron chi connectivity index (χ3n) is 5.16. The standard InChI is InChI=1S/C24H29N3O6S/c1-17-8-10-20(11-9-17)24-25-22(18(2)33-24)12-13-32-21-7-5-6-19(14-21)15-27(16-23(28)29)34(30,31)26(3)4/h5-11,14H,12-13,15-16H2,1-4H3,(H,28,29). The first kappa shape index (κ1) is 25.4. The minimum atomic E-state index is -3.90. The molecule has 0 aliphatic heterocycles. The van der Waals surface area contributed by atoms with Gasteiger partial charge in [-0.05, 0) is 43.7 Å². The molecule has 0 saturated heterocycles. The summed E-state index contributed by atoms with van der Waals surface area (Å²) in [5.41, 5.74) is 3.49. The lowest BCUT2D eigenvalue weighted by molar-refractivity contribution is -0.137. The van der Waals surface area contributed by atoms with Crippen LogP contribution in [0.3, 0.4) is 0 Å². The van der Waals surface area contributed by atoms with E-state index in [9.17, 15) is 13.2 Å². The number of oxazole rings is 1. The Bertz CT molecular complexity index is 1240. The molecule has 0 saturated carbocycles. The van der Waals surface area contributed by atoms with Gasteiger partial charge in [0.1, 0.15) is 18.1 Å². The summed E-state index contributed by atoms with van der Waals surface area (Å²) in [5, 5.41) is 9.13. The zero-order valence-corrected chi connectivity index (χ0v) is 20.5. The number of aromatic nitrogens is 1. The summed E-state index contributed by atoms with van der Waals surface area (Å²) in [4.78, 5) is 15.8. The summed E-state index contributed by atoms with van der Waals surface area (Å²) in [5.74, 6) is 0.613. The number of carboxylic acid groups (broad SMARTS) is 1. The molecule has 0 aliphatic rings. The predicted octanol–water partition coefficient (Wildman–Crippen LogP) is 3.27. The Morgan fingerprint density at radius 2 is 1.82 bits per heavy atom. The van der Waals surface area contributed by atoms with E-state index in [0.717, 1.165) is 31.2 Å². The average molecular weight is 488 g/mol. The highest BCUT2D eigenvalue weighted by Gasteiger charge is 2.27. The molecular formula is C24H29N3O6S. The fourth-order valence-corrected chi connectivity index (χ4v) is 4.33. The molecule has 10 heteroatoms. The monoisotopic (exact) mass is 487 g/mol. The molecule has 0 atom stereocenters. The van der Waals surface area contributed by atoms with Gasteiger partial charge in [0.2, 0.25) is 5.89 Å². The van der Waals surface area contributed by atoms with Gasteiger partial charge in [-0.25, -0.2) is 4.98 Å². The van der Waals surface area contributed by atoms with Gasteiger partial charge < -0.3 is 14.3 Å². The smallest absolute Gasteiger partial charge is 0.318 e. The molecule has 34 heavy (non-hydrogen) atoms. The summed E-state index contributed by atoms with van der Waals surface area (Å²) in [6, 6.07) is 14.9. The van der Waals surface area contributed by atoms with Crippen LogP contribution in [-0.2, 0) is 28.0 Å². The zero-order chi connectivity index (χ0) is 24.9. The Kier molecular flexibility index (Phi) is 8.08. The Balaban J connectivity index is 1.65. The molecule has 0 spiro atoms. The van der Waals surface area contributed by atoms with Crippen molar-refractivity contribution in [3.8, 4) is 17.2 Å². The molecule has 0 unspecified atom stereocenters. The maximum Gasteiger partial charge on any atom is 0.318 e. The summed E-state index contributed by atoms with van der Waals surface area (Å²) < 4.78 is 38.5. The molecule has 182 valence electrons. The number of ether oxygens (including phenoxy) is 1. The average Bonchev–Trinajstić information content (AvgIpc) is 3.14. The number of nitrogens with zero attached hydrogens (tertiary/aromatic N) is 3. The van der Waals surface area contributed by atoms with Crippen molar-refractivity contribution < 1.29 is 27.5 Å². The van der Waals surface area contributed by atoms with Crippen molar-refractivity contribution in [3.05, 3.63) is 71.1 Å². The van der Waals surface area contributed by atoms with Gasteiger partial charge in [0.05, 0.1) is 12.3 Å². The topological polar surface area (TPSA) is 113 Å². The maximum atomic E-state index is 12.5. The second-order valence-corrected chi connectivity index (χ2v) is 10.2. The van der Waals surface area contributed by atoms with E-state index < -0.39 is 22.7 Å². The summed E-state index contributed by atoms with van der Waals surface area (Å²) in [7, 11) is -1.18. The van der Waals surface area contributed by atoms with Crippen molar-refractivity contribution >= 4 is 16.2 Å². The van der Waals surface area contributed by atoms with Crippen LogP contribution in [0.25, 0.3) is 11.5 Å². The Morgan fingerprint density at radius 3 is 2.47 bits per heavy atom. The normalized spacial score (nSPS) is 11.8. The van der Waals surface area contributed by atoms with Gasteiger partial charge in [0.25, 0.3) is 10.2 Å². The van der Waals surface area contributed by atoms with Crippen molar-refractivity contribution in [2.24, 2.45) is 0 Å². The predicted molar refractivity (Wildman–Crippen MR) is 128 cm³/mol. The number of aryl methyl sites for hydroxylation is 2. The van der Waals surface area contributed by atoms with Crippen LogP contribution in [0.4, 0.5) is 0 Å². The largest absolute Gasteiger partial charge is 0.493 e. The molecule has 0 radical (unpaired) electrons. The lowest BCUT2D eigenvalue weighted by atomic mass is 10.1. The lowest BCUT2D eigenvalue weighted by Crippen LogP contribution is -2.42. The molecular weight excluding hydrogens is 458 g/mol. The second-order valence-electron chi connectivity index (χ2n) is 8.09. The third-order valence-corrected chi connectivity index (χ3v) is 6.99.